The van der Waals surface area contributed by atoms with Gasteiger partial charge in [0.05, 0.1) is 15.9 Å². The van der Waals surface area contributed by atoms with Gasteiger partial charge >= 0.3 is 5.69 Å². The largest absolute Gasteiger partial charge is 0.399 e. The maximum Gasteiger partial charge on any atom is 0.340 e. The normalized spacial score (nSPS) is 12.1. The molecule has 3 rings (SSSR count). The van der Waals surface area contributed by atoms with Gasteiger partial charge in [0.2, 0.25) is 0 Å². The summed E-state index contributed by atoms with van der Waals surface area (Å²) < 4.78 is 26.4. The quantitative estimate of drug-likeness (QED) is 0.719. The lowest BCUT2D eigenvalue weighted by Gasteiger charge is -2.09. The summed E-state index contributed by atoms with van der Waals surface area (Å²) in [5.74, 6) is 0.294. The lowest BCUT2D eigenvalue weighted by atomic mass is 10.0. The van der Waals surface area contributed by atoms with Gasteiger partial charge in [-0.15, -0.1) is 0 Å². The summed E-state index contributed by atoms with van der Waals surface area (Å²) in [5, 5.41) is 0. The number of hydrogen-bond acceptors (Lipinski definition) is 4. The summed E-state index contributed by atoms with van der Waals surface area (Å²) in [6.45, 7) is 4.05. The van der Waals surface area contributed by atoms with Crippen LogP contribution in [0.25, 0.3) is 11.0 Å². The van der Waals surface area contributed by atoms with E-state index in [0.717, 1.165) is 9.54 Å². The molecule has 3 N–H and O–H groups in total. The first-order valence-corrected chi connectivity index (χ1v) is 8.60. The molecule has 0 radical (unpaired) electrons. The zero-order chi connectivity index (χ0) is 16.8. The number of nitrogens with zero attached hydrogens (tertiary/aromatic N) is 1. The second-order valence-corrected chi connectivity index (χ2v) is 7.49. The first-order valence-electron chi connectivity index (χ1n) is 7.16. The van der Waals surface area contributed by atoms with E-state index in [9.17, 15) is 13.2 Å². The van der Waals surface area contributed by atoms with E-state index in [-0.39, 0.29) is 10.4 Å². The molecule has 23 heavy (non-hydrogen) atoms. The molecule has 0 unspecified atom stereocenters. The Bertz CT molecular complexity index is 1030. The Morgan fingerprint density at radius 3 is 2.35 bits per heavy atom. The van der Waals surface area contributed by atoms with Gasteiger partial charge in [-0.2, -0.15) is 3.97 Å². The van der Waals surface area contributed by atoms with Gasteiger partial charge in [-0.05, 0) is 41.8 Å². The summed E-state index contributed by atoms with van der Waals surface area (Å²) in [4.78, 5) is 14.7. The Morgan fingerprint density at radius 2 is 1.74 bits per heavy atom. The molecule has 0 bridgehead atoms. The Labute approximate surface area is 133 Å². The minimum absolute atomic E-state index is 0.0623. The van der Waals surface area contributed by atoms with E-state index in [4.69, 9.17) is 5.73 Å². The van der Waals surface area contributed by atoms with Gasteiger partial charge in [-0.1, -0.05) is 26.0 Å². The van der Waals surface area contributed by atoms with Crippen molar-refractivity contribution in [3.8, 4) is 0 Å². The highest BCUT2D eigenvalue weighted by molar-refractivity contribution is 7.90. The topological polar surface area (TPSA) is 98.0 Å². The van der Waals surface area contributed by atoms with Crippen LogP contribution in [0.4, 0.5) is 5.69 Å². The number of nitrogen functional groups attached to an aromatic ring is 1. The van der Waals surface area contributed by atoms with Gasteiger partial charge in [0.1, 0.15) is 0 Å². The third-order valence-corrected chi connectivity index (χ3v) is 5.46. The Balaban J connectivity index is 2.22. The summed E-state index contributed by atoms with van der Waals surface area (Å²) in [7, 11) is -3.99. The Kier molecular flexibility index (Phi) is 3.52. The molecule has 0 saturated heterocycles. The number of aromatic amines is 1. The Morgan fingerprint density at radius 1 is 1.09 bits per heavy atom. The first-order chi connectivity index (χ1) is 10.8. The van der Waals surface area contributed by atoms with Crippen molar-refractivity contribution in [2.24, 2.45) is 0 Å². The van der Waals surface area contributed by atoms with Gasteiger partial charge in [0.15, 0.2) is 0 Å². The number of nitrogens with one attached hydrogen (secondary N) is 1. The number of rotatable bonds is 3. The lowest BCUT2D eigenvalue weighted by molar-refractivity contribution is 0.587. The van der Waals surface area contributed by atoms with Gasteiger partial charge in [0, 0.05) is 5.69 Å². The highest BCUT2D eigenvalue weighted by Crippen LogP contribution is 2.22. The van der Waals surface area contributed by atoms with Crippen LogP contribution < -0.4 is 11.4 Å². The second kappa shape index (κ2) is 5.27. The fraction of sp³-hybridized carbons (Fsp3) is 0.188. The van der Waals surface area contributed by atoms with Crippen molar-refractivity contribution in [2.45, 2.75) is 24.7 Å². The number of imidazole rings is 1. The standard InChI is InChI=1S/C16H17N3O3S/c1-10(2)11-3-6-13(7-4-11)23(21,22)19-15-9-12(17)5-8-14(15)18-16(19)20/h3-10H,17H2,1-2H3,(H,18,20). The van der Waals surface area contributed by atoms with Crippen molar-refractivity contribution in [3.63, 3.8) is 0 Å². The van der Waals surface area contributed by atoms with E-state index < -0.39 is 15.7 Å². The molecular formula is C16H17N3O3S. The summed E-state index contributed by atoms with van der Waals surface area (Å²) in [6.07, 6.45) is 0. The summed E-state index contributed by atoms with van der Waals surface area (Å²) >= 11 is 0. The fourth-order valence-corrected chi connectivity index (χ4v) is 3.83. The monoisotopic (exact) mass is 331 g/mol. The van der Waals surface area contributed by atoms with Crippen molar-refractivity contribution < 1.29 is 8.42 Å². The fourth-order valence-electron chi connectivity index (χ4n) is 2.47. The van der Waals surface area contributed by atoms with Gasteiger partial charge < -0.3 is 10.7 Å². The molecule has 1 heterocycles. The van der Waals surface area contributed by atoms with Crippen LogP contribution in [-0.2, 0) is 10.0 Å². The molecule has 2 aromatic carbocycles. The number of hydrogen-bond donors (Lipinski definition) is 2. The molecule has 0 aliphatic rings. The van der Waals surface area contributed by atoms with Crippen LogP contribution in [-0.4, -0.2) is 17.4 Å². The average Bonchev–Trinajstić information content (AvgIpc) is 2.83. The summed E-state index contributed by atoms with van der Waals surface area (Å²) in [5.41, 5.74) is 7.08. The predicted octanol–water partition coefficient (Wildman–Crippen LogP) is 2.27. The molecule has 0 saturated carbocycles. The molecule has 0 aliphatic heterocycles. The van der Waals surface area contributed by atoms with Gasteiger partial charge in [-0.25, -0.2) is 13.2 Å². The van der Waals surface area contributed by atoms with Crippen molar-refractivity contribution in [1.82, 2.24) is 8.96 Å². The molecule has 0 amide bonds. The smallest absolute Gasteiger partial charge is 0.340 e. The van der Waals surface area contributed by atoms with Crippen LogP contribution in [0.3, 0.4) is 0 Å². The molecule has 3 aromatic rings. The number of fused-ring (bicyclic) bond motifs is 1. The highest BCUT2D eigenvalue weighted by atomic mass is 32.2. The second-order valence-electron chi connectivity index (χ2n) is 5.70. The van der Waals surface area contributed by atoms with Gasteiger partial charge in [-0.3, -0.25) is 0 Å². The van der Waals surface area contributed by atoms with Crippen molar-refractivity contribution in [3.05, 3.63) is 58.5 Å². The molecule has 0 fully saturated rings. The van der Waals surface area contributed by atoms with E-state index in [1.54, 1.807) is 24.3 Å². The van der Waals surface area contributed by atoms with E-state index in [2.05, 4.69) is 4.98 Å². The van der Waals surface area contributed by atoms with Gasteiger partial charge in [0.25, 0.3) is 10.0 Å². The molecular weight excluding hydrogens is 314 g/mol. The van der Waals surface area contributed by atoms with Crippen molar-refractivity contribution in [1.29, 1.82) is 0 Å². The van der Waals surface area contributed by atoms with Crippen molar-refractivity contribution in [2.75, 3.05) is 5.73 Å². The van der Waals surface area contributed by atoms with E-state index in [1.807, 2.05) is 13.8 Å². The first kappa shape index (κ1) is 15.4. The lowest BCUT2D eigenvalue weighted by Crippen LogP contribution is -2.25. The number of benzene rings is 2. The number of anilines is 1. The van der Waals surface area contributed by atoms with Crippen LogP contribution in [0.15, 0.2) is 52.2 Å². The third kappa shape index (κ3) is 2.53. The number of nitrogens with two attached hydrogens (primary N) is 1. The zero-order valence-corrected chi connectivity index (χ0v) is 13.6. The molecule has 7 heteroatoms. The van der Waals surface area contributed by atoms with E-state index in [1.165, 1.54) is 18.2 Å². The molecule has 120 valence electrons. The maximum absolute atomic E-state index is 12.8. The zero-order valence-electron chi connectivity index (χ0n) is 12.8. The van der Waals surface area contributed by atoms with E-state index in [0.29, 0.717) is 17.1 Å². The van der Waals surface area contributed by atoms with Crippen LogP contribution >= 0.6 is 0 Å². The minimum atomic E-state index is -3.99. The van der Waals surface area contributed by atoms with Crippen LogP contribution in [0.1, 0.15) is 25.3 Å². The Hall–Kier alpha value is -2.54. The van der Waals surface area contributed by atoms with Crippen LogP contribution in [0.5, 0.6) is 0 Å². The van der Waals surface area contributed by atoms with E-state index >= 15 is 0 Å². The molecule has 0 aliphatic carbocycles. The van der Waals surface area contributed by atoms with Crippen LogP contribution in [0.2, 0.25) is 0 Å². The summed E-state index contributed by atoms with van der Waals surface area (Å²) in [6, 6.07) is 11.2. The predicted molar refractivity (Wildman–Crippen MR) is 90.1 cm³/mol. The molecule has 6 nitrogen and oxygen atoms in total. The molecule has 0 spiro atoms. The number of H-pyrrole nitrogens is 1. The minimum Gasteiger partial charge on any atom is -0.399 e. The SMILES string of the molecule is CC(C)c1ccc(S(=O)(=O)n2c(=O)[nH]c3ccc(N)cc32)cc1. The average molecular weight is 331 g/mol. The molecule has 0 atom stereocenters. The van der Waals surface area contributed by atoms with Crippen molar-refractivity contribution >= 4 is 26.7 Å². The third-order valence-electron chi connectivity index (χ3n) is 3.75. The van der Waals surface area contributed by atoms with Crippen LogP contribution in [0, 0.1) is 0 Å². The maximum atomic E-state index is 12.8. The number of aromatic nitrogens is 2. The molecule has 1 aromatic heterocycles. The highest BCUT2D eigenvalue weighted by Gasteiger charge is 2.22.